The van der Waals surface area contributed by atoms with E-state index in [-0.39, 0.29) is 12.5 Å². The largest absolute Gasteiger partial charge is 0.454 e. The van der Waals surface area contributed by atoms with Gasteiger partial charge in [-0.2, -0.15) is 11.8 Å². The van der Waals surface area contributed by atoms with Gasteiger partial charge in [-0.25, -0.2) is 4.79 Å². The molecule has 0 bridgehead atoms. The first kappa shape index (κ1) is 18.4. The number of esters is 1. The number of hydrogen-bond donors (Lipinski definition) is 0. The fraction of sp³-hybridized carbons (Fsp3) is 0.250. The molecule has 28 heavy (non-hydrogen) atoms. The smallest absolute Gasteiger partial charge is 0.334 e. The molecule has 0 radical (unpaired) electrons. The molecule has 0 aliphatic carbocycles. The zero-order chi connectivity index (χ0) is 19.7. The molecule has 2 heterocycles. The van der Waals surface area contributed by atoms with Crippen LogP contribution in [0.5, 0.6) is 17.2 Å². The zero-order valence-corrected chi connectivity index (χ0v) is 15.9. The molecule has 0 saturated carbocycles. The molecular formula is C20H17NO6S. The molecule has 2 aliphatic rings. The first-order chi connectivity index (χ1) is 13.6. The van der Waals surface area contributed by atoms with Crippen LogP contribution in [-0.4, -0.2) is 47.5 Å². The Bertz CT molecular complexity index is 924. The van der Waals surface area contributed by atoms with Gasteiger partial charge in [-0.3, -0.25) is 14.5 Å². The van der Waals surface area contributed by atoms with Crippen molar-refractivity contribution >= 4 is 29.5 Å². The number of rotatable bonds is 6. The first-order valence-corrected chi connectivity index (χ1v) is 10.1. The van der Waals surface area contributed by atoms with E-state index in [4.69, 9.17) is 14.2 Å². The third kappa shape index (κ3) is 3.20. The van der Waals surface area contributed by atoms with Crippen LogP contribution in [-0.2, 0) is 4.79 Å². The van der Waals surface area contributed by atoms with Gasteiger partial charge >= 0.3 is 5.97 Å². The Morgan fingerprint density at radius 1 is 1.11 bits per heavy atom. The van der Waals surface area contributed by atoms with Crippen LogP contribution in [0.25, 0.3) is 0 Å². The van der Waals surface area contributed by atoms with Crippen molar-refractivity contribution < 1.29 is 28.6 Å². The van der Waals surface area contributed by atoms with E-state index in [1.807, 2.05) is 6.26 Å². The highest BCUT2D eigenvalue weighted by Crippen LogP contribution is 2.35. The molecule has 1 atom stereocenters. The molecule has 2 aromatic carbocycles. The minimum absolute atomic E-state index is 0.109. The van der Waals surface area contributed by atoms with E-state index in [1.165, 1.54) is 11.8 Å². The molecular weight excluding hydrogens is 382 g/mol. The molecule has 0 aromatic heterocycles. The van der Waals surface area contributed by atoms with E-state index in [0.29, 0.717) is 34.8 Å². The third-order valence-corrected chi connectivity index (χ3v) is 5.21. The number of thioether (sulfide) groups is 1. The van der Waals surface area contributed by atoms with Gasteiger partial charge in [-0.15, -0.1) is 0 Å². The molecule has 0 fully saturated rings. The maximum absolute atomic E-state index is 12.9. The van der Waals surface area contributed by atoms with Gasteiger partial charge in [0.15, 0.2) is 11.5 Å². The number of ether oxygens (including phenoxy) is 3. The molecule has 4 rings (SSSR count). The molecule has 2 aromatic rings. The van der Waals surface area contributed by atoms with Crippen LogP contribution < -0.4 is 14.2 Å². The molecule has 0 N–H and O–H groups in total. The fourth-order valence-corrected chi connectivity index (χ4v) is 3.66. The normalized spacial score (nSPS) is 15.5. The van der Waals surface area contributed by atoms with Gasteiger partial charge in [0.25, 0.3) is 11.8 Å². The fourth-order valence-electron chi connectivity index (χ4n) is 3.20. The second-order valence-electron chi connectivity index (χ2n) is 6.26. The SMILES string of the molecule is CSCCC(C(=O)Oc1ccc2c(c1)OCO2)N1C(=O)c2ccccc2C1=O. The Hall–Kier alpha value is -3.00. The van der Waals surface area contributed by atoms with E-state index < -0.39 is 23.8 Å². The summed E-state index contributed by atoms with van der Waals surface area (Å²) in [6, 6.07) is 10.3. The highest BCUT2D eigenvalue weighted by atomic mass is 32.2. The van der Waals surface area contributed by atoms with Gasteiger partial charge in [0.2, 0.25) is 6.79 Å². The summed E-state index contributed by atoms with van der Waals surface area (Å²) < 4.78 is 16.0. The number of amides is 2. The number of carbonyl (C=O) groups is 3. The summed E-state index contributed by atoms with van der Waals surface area (Å²) in [5.74, 6) is 0.283. The summed E-state index contributed by atoms with van der Waals surface area (Å²) in [4.78, 5) is 39.5. The number of benzene rings is 2. The summed E-state index contributed by atoms with van der Waals surface area (Å²) in [6.07, 6.45) is 2.19. The van der Waals surface area contributed by atoms with Crippen molar-refractivity contribution in [3.63, 3.8) is 0 Å². The van der Waals surface area contributed by atoms with Crippen LogP contribution in [0.15, 0.2) is 42.5 Å². The minimum atomic E-state index is -1.01. The molecule has 0 spiro atoms. The monoisotopic (exact) mass is 399 g/mol. The lowest BCUT2D eigenvalue weighted by Crippen LogP contribution is -2.47. The van der Waals surface area contributed by atoms with Gasteiger partial charge < -0.3 is 14.2 Å². The Morgan fingerprint density at radius 2 is 1.79 bits per heavy atom. The van der Waals surface area contributed by atoms with E-state index in [2.05, 4.69) is 0 Å². The van der Waals surface area contributed by atoms with Crippen LogP contribution in [0.1, 0.15) is 27.1 Å². The molecule has 8 heteroatoms. The van der Waals surface area contributed by atoms with Gasteiger partial charge in [-0.1, -0.05) is 12.1 Å². The Kier molecular flexibility index (Phi) is 4.95. The van der Waals surface area contributed by atoms with Crippen LogP contribution in [0.3, 0.4) is 0 Å². The molecule has 7 nitrogen and oxygen atoms in total. The van der Waals surface area contributed by atoms with Crippen LogP contribution in [0, 0.1) is 0 Å². The summed E-state index contributed by atoms with van der Waals surface area (Å²) in [7, 11) is 0. The molecule has 2 amide bonds. The average molecular weight is 399 g/mol. The molecule has 0 saturated heterocycles. The maximum Gasteiger partial charge on any atom is 0.334 e. The summed E-state index contributed by atoms with van der Waals surface area (Å²) in [6.45, 7) is 0.109. The molecule has 1 unspecified atom stereocenters. The summed E-state index contributed by atoms with van der Waals surface area (Å²) in [5.41, 5.74) is 0.607. The van der Waals surface area contributed by atoms with E-state index in [1.54, 1.807) is 42.5 Å². The highest BCUT2D eigenvalue weighted by molar-refractivity contribution is 7.98. The lowest BCUT2D eigenvalue weighted by atomic mass is 10.1. The number of hydrogen-bond acceptors (Lipinski definition) is 7. The lowest BCUT2D eigenvalue weighted by molar-refractivity contribution is -0.138. The molecule has 2 aliphatic heterocycles. The third-order valence-electron chi connectivity index (χ3n) is 4.57. The van der Waals surface area contributed by atoms with Crippen LogP contribution >= 0.6 is 11.8 Å². The average Bonchev–Trinajstić information content (AvgIpc) is 3.26. The minimum Gasteiger partial charge on any atom is -0.454 e. The Labute approximate surface area is 165 Å². The summed E-state index contributed by atoms with van der Waals surface area (Å²) in [5, 5.41) is 0. The summed E-state index contributed by atoms with van der Waals surface area (Å²) >= 11 is 1.52. The van der Waals surface area contributed by atoms with Crippen LogP contribution in [0.2, 0.25) is 0 Å². The van der Waals surface area contributed by atoms with Gasteiger partial charge in [-0.05, 0) is 42.7 Å². The number of fused-ring (bicyclic) bond motifs is 2. The van der Waals surface area contributed by atoms with E-state index in [0.717, 1.165) is 4.90 Å². The maximum atomic E-state index is 12.9. The van der Waals surface area contributed by atoms with E-state index in [9.17, 15) is 14.4 Å². The Morgan fingerprint density at radius 3 is 2.46 bits per heavy atom. The zero-order valence-electron chi connectivity index (χ0n) is 15.0. The predicted molar refractivity (Wildman–Crippen MR) is 102 cm³/mol. The molecule has 144 valence electrons. The standard InChI is InChI=1S/C20H17NO6S/c1-28-9-8-15(21-18(22)13-4-2-3-5-14(13)19(21)23)20(24)27-12-6-7-16-17(10-12)26-11-25-16/h2-7,10,15H,8-9,11H2,1H3. The van der Waals surface area contributed by atoms with Gasteiger partial charge in [0, 0.05) is 6.07 Å². The van der Waals surface area contributed by atoms with Gasteiger partial charge in [0.05, 0.1) is 11.1 Å². The highest BCUT2D eigenvalue weighted by Gasteiger charge is 2.43. The lowest BCUT2D eigenvalue weighted by Gasteiger charge is -2.24. The van der Waals surface area contributed by atoms with Crippen molar-refractivity contribution in [2.24, 2.45) is 0 Å². The second-order valence-corrected chi connectivity index (χ2v) is 7.24. The Balaban J connectivity index is 1.59. The van der Waals surface area contributed by atoms with Crippen molar-refractivity contribution in [1.82, 2.24) is 4.90 Å². The number of imide groups is 1. The first-order valence-electron chi connectivity index (χ1n) is 8.67. The van der Waals surface area contributed by atoms with Crippen molar-refractivity contribution in [2.45, 2.75) is 12.5 Å². The van der Waals surface area contributed by atoms with Gasteiger partial charge in [0.1, 0.15) is 11.8 Å². The number of carbonyl (C=O) groups excluding carboxylic acids is 3. The van der Waals surface area contributed by atoms with E-state index >= 15 is 0 Å². The van der Waals surface area contributed by atoms with Crippen molar-refractivity contribution in [3.05, 3.63) is 53.6 Å². The topological polar surface area (TPSA) is 82.1 Å². The van der Waals surface area contributed by atoms with Crippen molar-refractivity contribution in [1.29, 1.82) is 0 Å². The van der Waals surface area contributed by atoms with Crippen molar-refractivity contribution in [2.75, 3.05) is 18.8 Å². The second kappa shape index (κ2) is 7.55. The van der Waals surface area contributed by atoms with Crippen LogP contribution in [0.4, 0.5) is 0 Å². The quantitative estimate of drug-likeness (QED) is 0.420. The predicted octanol–water partition coefficient (Wildman–Crippen LogP) is 2.74. The number of nitrogens with zero attached hydrogens (tertiary/aromatic N) is 1. The van der Waals surface area contributed by atoms with Crippen molar-refractivity contribution in [3.8, 4) is 17.2 Å².